The molecular formula is C16H16F3N5O2S. The maximum atomic E-state index is 12.6. The molecule has 0 aromatic carbocycles. The van der Waals surface area contributed by atoms with Gasteiger partial charge in [0.15, 0.2) is 0 Å². The van der Waals surface area contributed by atoms with Gasteiger partial charge in [0.2, 0.25) is 5.82 Å². The van der Waals surface area contributed by atoms with E-state index in [0.29, 0.717) is 10.6 Å². The molecule has 0 saturated carbocycles. The summed E-state index contributed by atoms with van der Waals surface area (Å²) in [6, 6.07) is 4.92. The molecular weight excluding hydrogens is 383 g/mol. The molecule has 11 heteroatoms. The number of carbonyl (C=O) groups excluding carboxylic acids is 1. The van der Waals surface area contributed by atoms with E-state index in [1.165, 1.54) is 22.2 Å². The SMILES string of the molecule is CC(C)(C)NC(=O)c1ccnn1Cc1ccc(-c2noc(C(F)(F)F)n2)s1. The Morgan fingerprint density at radius 1 is 1.26 bits per heavy atom. The predicted molar refractivity (Wildman–Crippen MR) is 91.2 cm³/mol. The lowest BCUT2D eigenvalue weighted by atomic mass is 10.1. The minimum atomic E-state index is -4.68. The number of halogens is 3. The highest BCUT2D eigenvalue weighted by atomic mass is 32.1. The van der Waals surface area contributed by atoms with Crippen molar-refractivity contribution >= 4 is 17.2 Å². The van der Waals surface area contributed by atoms with Crippen LogP contribution in [0.15, 0.2) is 28.9 Å². The average molecular weight is 399 g/mol. The molecule has 0 aliphatic rings. The van der Waals surface area contributed by atoms with Gasteiger partial charge in [0.25, 0.3) is 5.91 Å². The van der Waals surface area contributed by atoms with Crippen LogP contribution >= 0.6 is 11.3 Å². The minimum absolute atomic E-state index is 0.135. The summed E-state index contributed by atoms with van der Waals surface area (Å²) in [4.78, 5) is 16.9. The molecule has 3 aromatic rings. The molecule has 0 unspecified atom stereocenters. The molecule has 0 radical (unpaired) electrons. The van der Waals surface area contributed by atoms with Crippen molar-refractivity contribution in [2.75, 3.05) is 0 Å². The molecule has 144 valence electrons. The molecule has 27 heavy (non-hydrogen) atoms. The van der Waals surface area contributed by atoms with Crippen LogP contribution in [-0.2, 0) is 12.7 Å². The van der Waals surface area contributed by atoms with Crippen molar-refractivity contribution in [2.45, 2.75) is 39.0 Å². The van der Waals surface area contributed by atoms with Gasteiger partial charge < -0.3 is 9.84 Å². The predicted octanol–water partition coefficient (Wildman–Crippen LogP) is 3.59. The van der Waals surface area contributed by atoms with Crippen LogP contribution < -0.4 is 5.32 Å². The van der Waals surface area contributed by atoms with Crippen LogP contribution in [0.1, 0.15) is 42.0 Å². The Morgan fingerprint density at radius 3 is 2.63 bits per heavy atom. The van der Waals surface area contributed by atoms with Crippen molar-refractivity contribution in [1.29, 1.82) is 0 Å². The molecule has 0 aliphatic heterocycles. The monoisotopic (exact) mass is 399 g/mol. The smallest absolute Gasteiger partial charge is 0.346 e. The summed E-state index contributed by atoms with van der Waals surface area (Å²) in [5, 5.41) is 10.4. The lowest BCUT2D eigenvalue weighted by Gasteiger charge is -2.20. The summed E-state index contributed by atoms with van der Waals surface area (Å²) in [5.74, 6) is -1.78. The molecule has 3 aromatic heterocycles. The highest BCUT2D eigenvalue weighted by molar-refractivity contribution is 7.15. The minimum Gasteiger partial charge on any atom is -0.346 e. The highest BCUT2D eigenvalue weighted by Gasteiger charge is 2.38. The standard InChI is InChI=1S/C16H16F3N5O2S/c1-15(2,3)22-13(25)10-6-7-20-24(10)8-9-4-5-11(27-9)12-21-14(26-23-12)16(17,18)19/h4-7H,8H2,1-3H3,(H,22,25). The first kappa shape index (κ1) is 19.1. The van der Waals surface area contributed by atoms with Crippen LogP contribution in [0.5, 0.6) is 0 Å². The van der Waals surface area contributed by atoms with Crippen molar-refractivity contribution in [3.63, 3.8) is 0 Å². The van der Waals surface area contributed by atoms with Gasteiger partial charge in [-0.1, -0.05) is 5.16 Å². The van der Waals surface area contributed by atoms with E-state index in [1.807, 2.05) is 20.8 Å². The topological polar surface area (TPSA) is 85.8 Å². The highest BCUT2D eigenvalue weighted by Crippen LogP contribution is 2.31. The number of alkyl halides is 3. The van der Waals surface area contributed by atoms with Gasteiger partial charge in [0, 0.05) is 16.6 Å². The molecule has 0 atom stereocenters. The molecule has 3 heterocycles. The van der Waals surface area contributed by atoms with Crippen LogP contribution in [-0.4, -0.2) is 31.4 Å². The van der Waals surface area contributed by atoms with E-state index >= 15 is 0 Å². The lowest BCUT2D eigenvalue weighted by molar-refractivity contribution is -0.159. The van der Waals surface area contributed by atoms with Crippen LogP contribution in [0.4, 0.5) is 13.2 Å². The third kappa shape index (κ3) is 4.54. The second-order valence-electron chi connectivity index (χ2n) is 6.77. The number of nitrogens with zero attached hydrogens (tertiary/aromatic N) is 4. The van der Waals surface area contributed by atoms with Crippen LogP contribution in [0.2, 0.25) is 0 Å². The van der Waals surface area contributed by atoms with Gasteiger partial charge in [-0.2, -0.15) is 23.3 Å². The fourth-order valence-corrected chi connectivity index (χ4v) is 3.14. The fourth-order valence-electron chi connectivity index (χ4n) is 2.23. The quantitative estimate of drug-likeness (QED) is 0.725. The number of thiophene rings is 1. The van der Waals surface area contributed by atoms with Crippen molar-refractivity contribution in [3.8, 4) is 10.7 Å². The Morgan fingerprint density at radius 2 is 2.00 bits per heavy atom. The van der Waals surface area contributed by atoms with Crippen molar-refractivity contribution in [3.05, 3.63) is 40.9 Å². The summed E-state index contributed by atoms with van der Waals surface area (Å²) < 4.78 is 43.5. The Bertz CT molecular complexity index is 952. The first-order valence-electron chi connectivity index (χ1n) is 7.87. The van der Waals surface area contributed by atoms with E-state index in [1.54, 1.807) is 18.2 Å². The molecule has 0 fully saturated rings. The van der Waals surface area contributed by atoms with E-state index in [0.717, 1.165) is 4.88 Å². The van der Waals surface area contributed by atoms with E-state index < -0.39 is 17.6 Å². The first-order chi connectivity index (χ1) is 12.5. The number of nitrogens with one attached hydrogen (secondary N) is 1. The van der Waals surface area contributed by atoms with Gasteiger partial charge in [-0.25, -0.2) is 0 Å². The summed E-state index contributed by atoms with van der Waals surface area (Å²) in [6.45, 7) is 5.90. The average Bonchev–Trinajstić information content (AvgIpc) is 3.24. The maximum absolute atomic E-state index is 12.6. The van der Waals surface area contributed by atoms with Crippen molar-refractivity contribution in [2.24, 2.45) is 0 Å². The molecule has 1 N–H and O–H groups in total. The van der Waals surface area contributed by atoms with E-state index in [-0.39, 0.29) is 18.3 Å². The Hall–Kier alpha value is -2.69. The van der Waals surface area contributed by atoms with Gasteiger partial charge in [0.1, 0.15) is 5.69 Å². The van der Waals surface area contributed by atoms with E-state index in [2.05, 4.69) is 25.1 Å². The van der Waals surface area contributed by atoms with Gasteiger partial charge in [0.05, 0.1) is 11.4 Å². The third-order valence-electron chi connectivity index (χ3n) is 3.29. The third-order valence-corrected chi connectivity index (χ3v) is 4.36. The van der Waals surface area contributed by atoms with Crippen LogP contribution in [0.25, 0.3) is 10.7 Å². The summed E-state index contributed by atoms with van der Waals surface area (Å²) in [6.07, 6.45) is -3.17. The molecule has 3 rings (SSSR count). The summed E-state index contributed by atoms with van der Waals surface area (Å²) in [5.41, 5.74) is -0.00400. The Balaban J connectivity index is 1.77. The molecule has 0 bridgehead atoms. The first-order valence-corrected chi connectivity index (χ1v) is 8.69. The lowest BCUT2D eigenvalue weighted by Crippen LogP contribution is -2.41. The number of hydrogen-bond acceptors (Lipinski definition) is 6. The molecule has 7 nitrogen and oxygen atoms in total. The second kappa shape index (κ2) is 6.80. The zero-order chi connectivity index (χ0) is 19.8. The summed E-state index contributed by atoms with van der Waals surface area (Å²) in [7, 11) is 0. The molecule has 1 amide bonds. The number of carbonyl (C=O) groups is 1. The fraction of sp³-hybridized carbons (Fsp3) is 0.375. The van der Waals surface area contributed by atoms with Crippen LogP contribution in [0.3, 0.4) is 0 Å². The number of amides is 1. The Labute approximate surface area is 156 Å². The maximum Gasteiger partial charge on any atom is 0.471 e. The van der Waals surface area contributed by atoms with Gasteiger partial charge >= 0.3 is 12.1 Å². The van der Waals surface area contributed by atoms with Gasteiger partial charge in [-0.05, 0) is 39.0 Å². The normalized spacial score (nSPS) is 12.4. The second-order valence-corrected chi connectivity index (χ2v) is 7.93. The largest absolute Gasteiger partial charge is 0.471 e. The molecule has 0 saturated heterocycles. The van der Waals surface area contributed by atoms with Crippen LogP contribution in [0, 0.1) is 0 Å². The van der Waals surface area contributed by atoms with E-state index in [9.17, 15) is 18.0 Å². The number of aromatic nitrogens is 4. The zero-order valence-electron chi connectivity index (χ0n) is 14.7. The van der Waals surface area contributed by atoms with Gasteiger partial charge in [-0.15, -0.1) is 11.3 Å². The number of rotatable bonds is 4. The molecule has 0 aliphatic carbocycles. The van der Waals surface area contributed by atoms with Crippen molar-refractivity contribution in [1.82, 2.24) is 25.2 Å². The number of hydrogen-bond donors (Lipinski definition) is 1. The zero-order valence-corrected chi connectivity index (χ0v) is 15.5. The van der Waals surface area contributed by atoms with Crippen molar-refractivity contribution < 1.29 is 22.5 Å². The van der Waals surface area contributed by atoms with Gasteiger partial charge in [-0.3, -0.25) is 9.48 Å². The Kier molecular flexibility index (Phi) is 4.81. The van der Waals surface area contributed by atoms with E-state index in [4.69, 9.17) is 0 Å². The summed E-state index contributed by atoms with van der Waals surface area (Å²) >= 11 is 1.20. The molecule has 0 spiro atoms.